The van der Waals surface area contributed by atoms with Crippen molar-refractivity contribution in [3.63, 3.8) is 0 Å². The molecule has 0 fully saturated rings. The van der Waals surface area contributed by atoms with E-state index in [0.29, 0.717) is 11.6 Å². The molecule has 33 heavy (non-hydrogen) atoms. The number of benzene rings is 2. The summed E-state index contributed by atoms with van der Waals surface area (Å²) in [5.74, 6) is 1.07. The summed E-state index contributed by atoms with van der Waals surface area (Å²) in [6.07, 6.45) is 3.58. The number of rotatable bonds is 4. The third kappa shape index (κ3) is 3.76. The van der Waals surface area contributed by atoms with Gasteiger partial charge in [-0.05, 0) is 50.6 Å². The molecule has 166 valence electrons. The predicted octanol–water partition coefficient (Wildman–Crippen LogP) is 4.66. The Morgan fingerprint density at radius 2 is 1.73 bits per heavy atom. The molecule has 0 spiro atoms. The third-order valence-corrected chi connectivity index (χ3v) is 5.54. The molecule has 0 aliphatic rings. The Hall–Kier alpha value is -4.33. The first kappa shape index (κ1) is 20.6. The van der Waals surface area contributed by atoms with Crippen molar-refractivity contribution in [3.05, 3.63) is 83.5 Å². The second kappa shape index (κ2) is 7.67. The fourth-order valence-corrected chi connectivity index (χ4v) is 3.93. The highest BCUT2D eigenvalue weighted by atomic mass is 16.1. The molecule has 0 atom stereocenters. The summed E-state index contributed by atoms with van der Waals surface area (Å²) in [4.78, 5) is 21.1. The number of hydrogen-bond acceptors (Lipinski definition) is 5. The zero-order chi connectivity index (χ0) is 23.2. The molecule has 0 radical (unpaired) electrons. The molecule has 3 aromatic heterocycles. The fraction of sp³-hybridized carbons (Fsp3) is 0.160. The van der Waals surface area contributed by atoms with Gasteiger partial charge in [0, 0.05) is 29.1 Å². The summed E-state index contributed by atoms with van der Waals surface area (Å²) in [6, 6.07) is 18.9. The smallest absolute Gasteiger partial charge is 0.273 e. The van der Waals surface area contributed by atoms with E-state index in [9.17, 15) is 4.79 Å². The van der Waals surface area contributed by atoms with E-state index >= 15 is 0 Å². The van der Waals surface area contributed by atoms with Crippen molar-refractivity contribution < 1.29 is 0 Å². The predicted molar refractivity (Wildman–Crippen MR) is 132 cm³/mol. The molecule has 0 saturated carbocycles. The number of fused-ring (bicyclic) bond motifs is 1. The monoisotopic (exact) mass is 439 g/mol. The van der Waals surface area contributed by atoms with Crippen molar-refractivity contribution in [3.8, 4) is 16.8 Å². The van der Waals surface area contributed by atoms with Gasteiger partial charge in [-0.1, -0.05) is 30.3 Å². The first-order valence-electron chi connectivity index (χ1n) is 10.7. The molecule has 0 bridgehead atoms. The minimum absolute atomic E-state index is 0.134. The van der Waals surface area contributed by atoms with Gasteiger partial charge >= 0.3 is 0 Å². The number of aromatic amines is 1. The van der Waals surface area contributed by atoms with Gasteiger partial charge in [0.25, 0.3) is 5.56 Å². The van der Waals surface area contributed by atoms with Crippen LogP contribution in [-0.2, 0) is 5.54 Å². The van der Waals surface area contributed by atoms with Gasteiger partial charge in [-0.2, -0.15) is 0 Å². The minimum Gasteiger partial charge on any atom is -0.383 e. The van der Waals surface area contributed by atoms with Crippen molar-refractivity contribution in [2.24, 2.45) is 0 Å². The molecular formula is C25H25N7O. The second-order valence-corrected chi connectivity index (χ2v) is 8.92. The van der Waals surface area contributed by atoms with E-state index in [1.54, 1.807) is 0 Å². The van der Waals surface area contributed by atoms with E-state index in [4.69, 9.17) is 5.73 Å². The average Bonchev–Trinajstić information content (AvgIpc) is 3.36. The van der Waals surface area contributed by atoms with Crippen molar-refractivity contribution in [1.82, 2.24) is 24.3 Å². The molecule has 0 saturated heterocycles. The Kier molecular flexibility index (Phi) is 4.78. The highest BCUT2D eigenvalue weighted by Crippen LogP contribution is 2.36. The maximum absolute atomic E-state index is 12.4. The molecular weight excluding hydrogens is 414 g/mol. The van der Waals surface area contributed by atoms with Crippen LogP contribution in [0.15, 0.2) is 78.0 Å². The Balaban J connectivity index is 1.47. The summed E-state index contributed by atoms with van der Waals surface area (Å²) >= 11 is 0. The average molecular weight is 440 g/mol. The largest absolute Gasteiger partial charge is 0.383 e. The Bertz CT molecular complexity index is 1490. The molecule has 8 nitrogen and oxygen atoms in total. The molecule has 5 rings (SSSR count). The van der Waals surface area contributed by atoms with Gasteiger partial charge < -0.3 is 15.6 Å². The number of nitrogens with zero attached hydrogens (tertiary/aromatic N) is 4. The van der Waals surface area contributed by atoms with Crippen molar-refractivity contribution in [2.45, 2.75) is 26.3 Å². The van der Waals surface area contributed by atoms with Crippen LogP contribution in [-0.4, -0.2) is 24.3 Å². The zero-order valence-corrected chi connectivity index (χ0v) is 18.7. The number of H-pyrrole nitrogens is 1. The molecule has 0 unspecified atom stereocenters. The highest BCUT2D eigenvalue weighted by Gasteiger charge is 2.22. The van der Waals surface area contributed by atoms with Gasteiger partial charge in [0.15, 0.2) is 0 Å². The molecule has 5 aromatic rings. The number of nitrogens with two attached hydrogens (primary N) is 1. The lowest BCUT2D eigenvalue weighted by Crippen LogP contribution is -2.21. The topological polar surface area (TPSA) is 107 Å². The normalized spacial score (nSPS) is 11.7. The van der Waals surface area contributed by atoms with E-state index in [1.807, 2.05) is 54.6 Å². The van der Waals surface area contributed by atoms with Gasteiger partial charge in [-0.3, -0.25) is 9.89 Å². The number of nitrogen functional groups attached to an aromatic ring is 1. The van der Waals surface area contributed by atoms with E-state index in [-0.39, 0.29) is 11.1 Å². The van der Waals surface area contributed by atoms with E-state index < -0.39 is 0 Å². The Morgan fingerprint density at radius 3 is 2.42 bits per heavy atom. The van der Waals surface area contributed by atoms with Crippen LogP contribution in [0.25, 0.3) is 27.8 Å². The SMILES string of the molecule is CC(C)(C)n1cc(-c2ccc(Nc3cc(=O)n(-c4ccccc4)[nH]3)cc2)c2c(N)ncnc21. The van der Waals surface area contributed by atoms with Crippen LogP contribution >= 0.6 is 0 Å². The van der Waals surface area contributed by atoms with Crippen LogP contribution in [0.5, 0.6) is 0 Å². The van der Waals surface area contributed by atoms with Crippen LogP contribution in [0, 0.1) is 0 Å². The van der Waals surface area contributed by atoms with Crippen LogP contribution in [0.3, 0.4) is 0 Å². The molecule has 4 N–H and O–H groups in total. The standard InChI is InChI=1S/C25H25N7O/c1-25(2,3)31-14-19(22-23(26)27-15-28-24(22)31)16-9-11-17(12-10-16)29-20-13-21(33)32(30-20)18-7-5-4-6-8-18/h4-15,29-30H,1-3H3,(H2,26,27,28). The number of hydrogen-bond donors (Lipinski definition) is 3. The maximum atomic E-state index is 12.4. The van der Waals surface area contributed by atoms with Crippen molar-refractivity contribution >= 4 is 28.4 Å². The Labute approximate surface area is 190 Å². The summed E-state index contributed by atoms with van der Waals surface area (Å²) in [7, 11) is 0. The van der Waals surface area contributed by atoms with E-state index in [0.717, 1.165) is 33.5 Å². The third-order valence-electron chi connectivity index (χ3n) is 5.54. The zero-order valence-electron chi connectivity index (χ0n) is 18.7. The van der Waals surface area contributed by atoms with Gasteiger partial charge in [-0.15, -0.1) is 0 Å². The number of para-hydroxylation sites is 1. The molecule has 0 aliphatic carbocycles. The molecule has 2 aromatic carbocycles. The van der Waals surface area contributed by atoms with Gasteiger partial charge in [-0.25, -0.2) is 14.6 Å². The Morgan fingerprint density at radius 1 is 1.00 bits per heavy atom. The van der Waals surface area contributed by atoms with E-state index in [2.05, 4.69) is 51.9 Å². The quantitative estimate of drug-likeness (QED) is 0.378. The molecule has 0 aliphatic heterocycles. The van der Waals surface area contributed by atoms with E-state index in [1.165, 1.54) is 17.1 Å². The second-order valence-electron chi connectivity index (χ2n) is 8.92. The molecule has 3 heterocycles. The van der Waals surface area contributed by atoms with Gasteiger partial charge in [0.05, 0.1) is 11.1 Å². The van der Waals surface area contributed by atoms with Crippen molar-refractivity contribution in [1.29, 1.82) is 0 Å². The highest BCUT2D eigenvalue weighted by molar-refractivity contribution is 6.00. The lowest BCUT2D eigenvalue weighted by atomic mass is 10.1. The van der Waals surface area contributed by atoms with Crippen LogP contribution in [0.4, 0.5) is 17.3 Å². The van der Waals surface area contributed by atoms with Crippen LogP contribution in [0.2, 0.25) is 0 Å². The number of anilines is 3. The number of nitrogens with one attached hydrogen (secondary N) is 2. The number of aromatic nitrogens is 5. The molecule has 8 heteroatoms. The summed E-state index contributed by atoms with van der Waals surface area (Å²) in [5, 5.41) is 7.21. The van der Waals surface area contributed by atoms with Crippen molar-refractivity contribution in [2.75, 3.05) is 11.1 Å². The lowest BCUT2D eigenvalue weighted by Gasteiger charge is -2.21. The molecule has 0 amide bonds. The fourth-order valence-electron chi connectivity index (χ4n) is 3.93. The summed E-state index contributed by atoms with van der Waals surface area (Å²) < 4.78 is 3.62. The minimum atomic E-state index is -0.156. The lowest BCUT2D eigenvalue weighted by molar-refractivity contribution is 0.408. The first-order valence-corrected chi connectivity index (χ1v) is 10.7. The first-order chi connectivity index (χ1) is 15.8. The van der Waals surface area contributed by atoms with Gasteiger partial charge in [0.2, 0.25) is 0 Å². The summed E-state index contributed by atoms with van der Waals surface area (Å²) in [6.45, 7) is 6.39. The van der Waals surface area contributed by atoms with Gasteiger partial charge in [0.1, 0.15) is 23.6 Å². The summed E-state index contributed by atoms with van der Waals surface area (Å²) in [5.41, 5.74) is 10.4. The van der Waals surface area contributed by atoms with Crippen LogP contribution < -0.4 is 16.6 Å². The maximum Gasteiger partial charge on any atom is 0.273 e. The van der Waals surface area contributed by atoms with Crippen LogP contribution in [0.1, 0.15) is 20.8 Å².